The number of carbonyl (C=O) groups is 2. The lowest BCUT2D eigenvalue weighted by molar-refractivity contribution is -0.131. The molecule has 0 saturated carbocycles. The van der Waals surface area contributed by atoms with Crippen LogP contribution in [0.25, 0.3) is 0 Å². The van der Waals surface area contributed by atoms with Crippen LogP contribution in [-0.2, 0) is 14.3 Å². The van der Waals surface area contributed by atoms with Gasteiger partial charge in [0.05, 0.1) is 7.11 Å². The zero-order chi connectivity index (χ0) is 11.1. The molecule has 15 heavy (non-hydrogen) atoms. The standard InChI is InChI=1S/C11H10O4/c1-14-8-9(7-12)11(13)15-10-5-3-2-4-6-10/h2-8H,1H3. The lowest BCUT2D eigenvalue weighted by Crippen LogP contribution is -2.12. The van der Waals surface area contributed by atoms with E-state index in [2.05, 4.69) is 4.74 Å². The molecule has 0 aliphatic carbocycles. The molecule has 0 unspecified atom stereocenters. The quantitative estimate of drug-likeness (QED) is 0.142. The largest absolute Gasteiger partial charge is 0.503 e. The first-order valence-electron chi connectivity index (χ1n) is 4.23. The highest BCUT2D eigenvalue weighted by atomic mass is 16.5. The van der Waals surface area contributed by atoms with Gasteiger partial charge in [-0.1, -0.05) is 18.2 Å². The predicted octanol–water partition coefficient (Wildman–Crippen LogP) is 1.32. The zero-order valence-corrected chi connectivity index (χ0v) is 8.17. The predicted molar refractivity (Wildman–Crippen MR) is 53.2 cm³/mol. The van der Waals surface area contributed by atoms with Gasteiger partial charge in [-0.3, -0.25) is 4.79 Å². The summed E-state index contributed by atoms with van der Waals surface area (Å²) >= 11 is 0. The van der Waals surface area contributed by atoms with Gasteiger partial charge in [-0.05, 0) is 12.1 Å². The van der Waals surface area contributed by atoms with Gasteiger partial charge in [0.1, 0.15) is 17.6 Å². The second-order valence-corrected chi connectivity index (χ2v) is 2.63. The van der Waals surface area contributed by atoms with Crippen LogP contribution >= 0.6 is 0 Å². The van der Waals surface area contributed by atoms with E-state index in [9.17, 15) is 9.59 Å². The Balaban J connectivity index is 2.71. The number of aldehydes is 1. The molecule has 0 aliphatic rings. The molecule has 4 heteroatoms. The fourth-order valence-electron chi connectivity index (χ4n) is 0.905. The molecule has 0 aliphatic heterocycles. The van der Waals surface area contributed by atoms with Crippen molar-refractivity contribution in [3.63, 3.8) is 0 Å². The van der Waals surface area contributed by atoms with E-state index in [1.165, 1.54) is 7.11 Å². The van der Waals surface area contributed by atoms with Gasteiger partial charge in [0, 0.05) is 0 Å². The summed E-state index contributed by atoms with van der Waals surface area (Å²) in [6.07, 6.45) is 1.42. The maximum Gasteiger partial charge on any atom is 0.350 e. The van der Waals surface area contributed by atoms with Crippen LogP contribution in [0.2, 0.25) is 0 Å². The number of rotatable bonds is 4. The molecule has 0 radical (unpaired) electrons. The number of benzene rings is 1. The van der Waals surface area contributed by atoms with E-state index >= 15 is 0 Å². The maximum atomic E-state index is 11.3. The molecule has 1 aromatic rings. The molecular formula is C11H10O4. The fraction of sp³-hybridized carbons (Fsp3) is 0.0909. The molecule has 1 rings (SSSR count). The van der Waals surface area contributed by atoms with Crippen LogP contribution in [-0.4, -0.2) is 19.4 Å². The molecule has 0 heterocycles. The van der Waals surface area contributed by atoms with Crippen LogP contribution < -0.4 is 4.74 Å². The number of ether oxygens (including phenoxy) is 2. The molecule has 0 saturated heterocycles. The Bertz CT molecular complexity index is 367. The van der Waals surface area contributed by atoms with E-state index in [1.54, 1.807) is 30.3 Å². The van der Waals surface area contributed by atoms with Gasteiger partial charge >= 0.3 is 5.97 Å². The summed E-state index contributed by atoms with van der Waals surface area (Å²) in [4.78, 5) is 21.8. The van der Waals surface area contributed by atoms with Crippen LogP contribution in [0.1, 0.15) is 0 Å². The van der Waals surface area contributed by atoms with Crippen LogP contribution in [0.5, 0.6) is 5.75 Å². The minimum atomic E-state index is -0.738. The minimum Gasteiger partial charge on any atom is -0.503 e. The normalized spacial score (nSPS) is 10.6. The van der Waals surface area contributed by atoms with Gasteiger partial charge in [-0.15, -0.1) is 0 Å². The van der Waals surface area contributed by atoms with Crippen molar-refractivity contribution in [3.8, 4) is 5.75 Å². The molecule has 78 valence electrons. The zero-order valence-electron chi connectivity index (χ0n) is 8.17. The minimum absolute atomic E-state index is 0.165. The monoisotopic (exact) mass is 206 g/mol. The van der Waals surface area contributed by atoms with Gasteiger partial charge in [-0.25, -0.2) is 4.79 Å². The van der Waals surface area contributed by atoms with E-state index < -0.39 is 5.97 Å². The second-order valence-electron chi connectivity index (χ2n) is 2.63. The van der Waals surface area contributed by atoms with Crippen molar-refractivity contribution in [1.82, 2.24) is 0 Å². The lowest BCUT2D eigenvalue weighted by Gasteiger charge is -2.02. The van der Waals surface area contributed by atoms with Gasteiger partial charge in [0.25, 0.3) is 0 Å². The third-order valence-electron chi connectivity index (χ3n) is 1.56. The Labute approximate surface area is 87.1 Å². The first-order valence-corrected chi connectivity index (χ1v) is 4.23. The first kappa shape index (κ1) is 11.0. The van der Waals surface area contributed by atoms with Crippen LogP contribution in [0.15, 0.2) is 42.2 Å². The summed E-state index contributed by atoms with van der Waals surface area (Å²) in [5.41, 5.74) is -0.165. The molecule has 0 amide bonds. The Kier molecular flexibility index (Phi) is 4.09. The molecule has 0 atom stereocenters. The highest BCUT2D eigenvalue weighted by Gasteiger charge is 2.11. The third kappa shape index (κ3) is 3.27. The van der Waals surface area contributed by atoms with Crippen molar-refractivity contribution in [1.29, 1.82) is 0 Å². The summed E-state index contributed by atoms with van der Waals surface area (Å²) in [5, 5.41) is 0. The number of esters is 1. The molecular weight excluding hydrogens is 196 g/mol. The number of hydrogen-bond donors (Lipinski definition) is 0. The van der Waals surface area contributed by atoms with Gasteiger partial charge in [-0.2, -0.15) is 0 Å². The Morgan fingerprint density at radius 3 is 2.47 bits per heavy atom. The SMILES string of the molecule is COC=C(C=O)C(=O)Oc1ccccc1. The van der Waals surface area contributed by atoms with Crippen molar-refractivity contribution in [2.75, 3.05) is 7.11 Å². The van der Waals surface area contributed by atoms with E-state index in [4.69, 9.17) is 4.74 Å². The van der Waals surface area contributed by atoms with Gasteiger partial charge in [0.15, 0.2) is 6.29 Å². The van der Waals surface area contributed by atoms with E-state index in [0.717, 1.165) is 6.26 Å². The van der Waals surface area contributed by atoms with Gasteiger partial charge in [0.2, 0.25) is 0 Å². The molecule has 1 aromatic carbocycles. The smallest absolute Gasteiger partial charge is 0.350 e. The van der Waals surface area contributed by atoms with Crippen LogP contribution in [0.3, 0.4) is 0 Å². The van der Waals surface area contributed by atoms with Crippen LogP contribution in [0.4, 0.5) is 0 Å². The topological polar surface area (TPSA) is 52.6 Å². The van der Waals surface area contributed by atoms with E-state index in [1.807, 2.05) is 0 Å². The highest BCUT2D eigenvalue weighted by molar-refractivity contribution is 6.08. The van der Waals surface area contributed by atoms with Crippen molar-refractivity contribution >= 4 is 12.3 Å². The molecule has 0 aromatic heterocycles. The summed E-state index contributed by atoms with van der Waals surface area (Å²) in [6, 6.07) is 8.48. The van der Waals surface area contributed by atoms with Crippen LogP contribution in [0, 0.1) is 0 Å². The van der Waals surface area contributed by atoms with E-state index in [0.29, 0.717) is 12.0 Å². The number of para-hydroxylation sites is 1. The number of methoxy groups -OCH3 is 1. The van der Waals surface area contributed by atoms with E-state index in [-0.39, 0.29) is 5.57 Å². The molecule has 0 fully saturated rings. The average molecular weight is 206 g/mol. The molecule has 0 spiro atoms. The molecule has 0 N–H and O–H groups in total. The summed E-state index contributed by atoms with van der Waals surface area (Å²) in [6.45, 7) is 0. The lowest BCUT2D eigenvalue weighted by atomic mass is 10.3. The highest BCUT2D eigenvalue weighted by Crippen LogP contribution is 2.10. The Morgan fingerprint density at radius 1 is 1.27 bits per heavy atom. The van der Waals surface area contributed by atoms with Gasteiger partial charge < -0.3 is 9.47 Å². The summed E-state index contributed by atoms with van der Waals surface area (Å²) in [5.74, 6) is -0.357. The first-order chi connectivity index (χ1) is 7.27. The second kappa shape index (κ2) is 5.59. The molecule has 4 nitrogen and oxygen atoms in total. The van der Waals surface area contributed by atoms with Crippen molar-refractivity contribution in [2.24, 2.45) is 0 Å². The van der Waals surface area contributed by atoms with Crippen molar-refractivity contribution in [2.45, 2.75) is 0 Å². The summed E-state index contributed by atoms with van der Waals surface area (Å²) in [7, 11) is 1.35. The average Bonchev–Trinajstić information content (AvgIpc) is 2.27. The van der Waals surface area contributed by atoms with Crippen molar-refractivity contribution in [3.05, 3.63) is 42.2 Å². The number of carbonyl (C=O) groups excluding carboxylic acids is 2. The Hall–Kier alpha value is -2.10. The fourth-order valence-corrected chi connectivity index (χ4v) is 0.905. The maximum absolute atomic E-state index is 11.3. The third-order valence-corrected chi connectivity index (χ3v) is 1.56. The Morgan fingerprint density at radius 2 is 1.93 bits per heavy atom. The van der Waals surface area contributed by atoms with Crippen molar-refractivity contribution < 1.29 is 19.1 Å². The number of hydrogen-bond acceptors (Lipinski definition) is 4. The molecule has 0 bridgehead atoms. The summed E-state index contributed by atoms with van der Waals surface area (Å²) < 4.78 is 9.46.